The Bertz CT molecular complexity index is 575. The molecule has 1 aromatic heterocycles. The molecular formula is C14H17N3O. The van der Waals surface area contributed by atoms with Crippen molar-refractivity contribution in [2.24, 2.45) is 5.73 Å². The molecule has 1 amide bonds. The highest BCUT2D eigenvalue weighted by Gasteiger charge is 2.26. The Balaban J connectivity index is 1.67. The van der Waals surface area contributed by atoms with Gasteiger partial charge in [-0.15, -0.1) is 0 Å². The van der Waals surface area contributed by atoms with Crippen molar-refractivity contribution in [1.29, 1.82) is 0 Å². The lowest BCUT2D eigenvalue weighted by atomic mass is 10.1. The van der Waals surface area contributed by atoms with Crippen molar-refractivity contribution in [2.75, 3.05) is 13.1 Å². The van der Waals surface area contributed by atoms with E-state index in [1.54, 1.807) is 0 Å². The largest absolute Gasteiger partial charge is 0.361 e. The third kappa shape index (κ3) is 2.11. The van der Waals surface area contributed by atoms with Gasteiger partial charge in [0.15, 0.2) is 0 Å². The van der Waals surface area contributed by atoms with Crippen LogP contribution in [0.1, 0.15) is 12.0 Å². The number of H-pyrrole nitrogens is 1. The van der Waals surface area contributed by atoms with E-state index >= 15 is 0 Å². The molecule has 0 saturated carbocycles. The van der Waals surface area contributed by atoms with E-state index in [1.165, 1.54) is 10.9 Å². The van der Waals surface area contributed by atoms with Crippen LogP contribution in [0, 0.1) is 0 Å². The smallest absolute Gasteiger partial charge is 0.224 e. The minimum atomic E-state index is 0.0182. The number of nitrogens with one attached hydrogen (secondary N) is 1. The van der Waals surface area contributed by atoms with E-state index in [9.17, 15) is 4.79 Å². The van der Waals surface area contributed by atoms with Crippen LogP contribution in [0.25, 0.3) is 10.9 Å². The molecule has 4 heteroatoms. The Labute approximate surface area is 106 Å². The summed E-state index contributed by atoms with van der Waals surface area (Å²) in [4.78, 5) is 16.7. The molecular weight excluding hydrogens is 226 g/mol. The molecule has 1 saturated heterocycles. The van der Waals surface area contributed by atoms with Crippen LogP contribution in [0.2, 0.25) is 0 Å². The molecule has 0 radical (unpaired) electrons. The highest BCUT2D eigenvalue weighted by Crippen LogP contribution is 2.16. The average Bonchev–Trinajstić information content (AvgIpc) is 2.92. The Kier molecular flexibility index (Phi) is 2.80. The van der Waals surface area contributed by atoms with Crippen molar-refractivity contribution in [3.8, 4) is 0 Å². The number of nitrogens with zero attached hydrogens (tertiary/aromatic N) is 1. The van der Waals surface area contributed by atoms with Gasteiger partial charge in [0.25, 0.3) is 0 Å². The molecule has 2 aromatic rings. The second-order valence-electron chi connectivity index (χ2n) is 4.95. The van der Waals surface area contributed by atoms with Gasteiger partial charge in [-0.25, -0.2) is 0 Å². The first kappa shape index (κ1) is 11.3. The number of hydrogen-bond acceptors (Lipinski definition) is 2. The molecule has 94 valence electrons. The van der Waals surface area contributed by atoms with E-state index in [0.29, 0.717) is 13.0 Å². The third-order valence-electron chi connectivity index (χ3n) is 3.53. The lowest BCUT2D eigenvalue weighted by Gasteiger charge is -2.15. The fourth-order valence-corrected chi connectivity index (χ4v) is 2.54. The van der Waals surface area contributed by atoms with Gasteiger partial charge in [-0.3, -0.25) is 4.79 Å². The summed E-state index contributed by atoms with van der Waals surface area (Å²) in [7, 11) is 0. The van der Waals surface area contributed by atoms with Crippen LogP contribution in [0.15, 0.2) is 30.5 Å². The second-order valence-corrected chi connectivity index (χ2v) is 4.95. The number of fused-ring (bicyclic) bond motifs is 1. The molecule has 18 heavy (non-hydrogen) atoms. The van der Waals surface area contributed by atoms with Gasteiger partial charge in [0.1, 0.15) is 0 Å². The van der Waals surface area contributed by atoms with Gasteiger partial charge in [0.2, 0.25) is 5.91 Å². The molecule has 0 spiro atoms. The maximum absolute atomic E-state index is 11.6. The first-order valence-corrected chi connectivity index (χ1v) is 6.32. The molecule has 0 bridgehead atoms. The number of aromatic amines is 1. The van der Waals surface area contributed by atoms with Crippen LogP contribution in [0.4, 0.5) is 0 Å². The van der Waals surface area contributed by atoms with Crippen LogP contribution >= 0.6 is 0 Å². The van der Waals surface area contributed by atoms with Crippen LogP contribution in [-0.2, 0) is 11.2 Å². The van der Waals surface area contributed by atoms with E-state index in [4.69, 9.17) is 5.73 Å². The molecule has 1 unspecified atom stereocenters. The summed E-state index contributed by atoms with van der Waals surface area (Å²) in [5, 5.41) is 1.22. The topological polar surface area (TPSA) is 62.1 Å². The normalized spacial score (nSPS) is 19.9. The number of likely N-dealkylation sites (tertiary alicyclic amines) is 1. The molecule has 1 aliphatic rings. The lowest BCUT2D eigenvalue weighted by molar-refractivity contribution is -0.127. The van der Waals surface area contributed by atoms with Gasteiger partial charge >= 0.3 is 0 Å². The predicted octanol–water partition coefficient (Wildman–Crippen LogP) is 1.27. The minimum Gasteiger partial charge on any atom is -0.361 e. The molecule has 0 aliphatic carbocycles. The Morgan fingerprint density at radius 1 is 1.39 bits per heavy atom. The van der Waals surface area contributed by atoms with Crippen LogP contribution < -0.4 is 5.73 Å². The van der Waals surface area contributed by atoms with Gasteiger partial charge in [-0.05, 0) is 35.6 Å². The number of rotatable bonds is 3. The van der Waals surface area contributed by atoms with Crippen molar-refractivity contribution in [1.82, 2.24) is 9.88 Å². The van der Waals surface area contributed by atoms with E-state index < -0.39 is 0 Å². The summed E-state index contributed by atoms with van der Waals surface area (Å²) in [5.74, 6) is 0.185. The van der Waals surface area contributed by atoms with E-state index in [0.717, 1.165) is 18.5 Å². The fourth-order valence-electron chi connectivity index (χ4n) is 2.54. The molecule has 1 aromatic carbocycles. The van der Waals surface area contributed by atoms with Crippen molar-refractivity contribution >= 4 is 16.8 Å². The summed E-state index contributed by atoms with van der Waals surface area (Å²) < 4.78 is 0. The number of nitrogens with two attached hydrogens (primary N) is 1. The molecule has 4 nitrogen and oxygen atoms in total. The maximum atomic E-state index is 11.6. The van der Waals surface area contributed by atoms with Gasteiger partial charge in [-0.1, -0.05) is 6.07 Å². The summed E-state index contributed by atoms with van der Waals surface area (Å²) in [5.41, 5.74) is 8.19. The Morgan fingerprint density at radius 3 is 3.06 bits per heavy atom. The zero-order chi connectivity index (χ0) is 12.5. The number of amides is 1. The monoisotopic (exact) mass is 243 g/mol. The zero-order valence-corrected chi connectivity index (χ0v) is 10.2. The SMILES string of the molecule is NC1CC(=O)N(CCc2ccc3[nH]ccc3c2)C1. The van der Waals surface area contributed by atoms with Crippen molar-refractivity contribution in [3.63, 3.8) is 0 Å². The number of hydrogen-bond donors (Lipinski definition) is 2. The number of aromatic nitrogens is 1. The van der Waals surface area contributed by atoms with Gasteiger partial charge < -0.3 is 15.6 Å². The molecule has 1 atom stereocenters. The quantitative estimate of drug-likeness (QED) is 0.852. The molecule has 1 fully saturated rings. The highest BCUT2D eigenvalue weighted by molar-refractivity contribution is 5.80. The maximum Gasteiger partial charge on any atom is 0.224 e. The standard InChI is InChI=1S/C14H17N3O/c15-12-8-14(18)17(9-12)6-4-10-1-2-13-11(7-10)3-5-16-13/h1-3,5,7,12,16H,4,6,8-9,15H2. The first-order valence-electron chi connectivity index (χ1n) is 6.32. The van der Waals surface area contributed by atoms with Crippen LogP contribution in [0.5, 0.6) is 0 Å². The zero-order valence-electron chi connectivity index (χ0n) is 10.2. The summed E-state index contributed by atoms with van der Waals surface area (Å²) in [6.45, 7) is 1.47. The first-order chi connectivity index (χ1) is 8.72. The van der Waals surface area contributed by atoms with E-state index in [2.05, 4.69) is 29.2 Å². The highest BCUT2D eigenvalue weighted by atomic mass is 16.2. The van der Waals surface area contributed by atoms with Crippen LogP contribution in [0.3, 0.4) is 0 Å². The average molecular weight is 243 g/mol. The number of carbonyl (C=O) groups excluding carboxylic acids is 1. The molecule has 2 heterocycles. The van der Waals surface area contributed by atoms with Crippen molar-refractivity contribution in [2.45, 2.75) is 18.9 Å². The summed E-state index contributed by atoms with van der Waals surface area (Å²) >= 11 is 0. The lowest BCUT2D eigenvalue weighted by Crippen LogP contribution is -2.30. The summed E-state index contributed by atoms with van der Waals surface area (Å²) in [6, 6.07) is 8.45. The Morgan fingerprint density at radius 2 is 2.28 bits per heavy atom. The van der Waals surface area contributed by atoms with Crippen molar-refractivity contribution in [3.05, 3.63) is 36.0 Å². The minimum absolute atomic E-state index is 0.0182. The van der Waals surface area contributed by atoms with Crippen LogP contribution in [-0.4, -0.2) is 34.9 Å². The van der Waals surface area contributed by atoms with E-state index in [1.807, 2.05) is 11.1 Å². The number of benzene rings is 1. The van der Waals surface area contributed by atoms with Gasteiger partial charge in [0.05, 0.1) is 0 Å². The predicted molar refractivity (Wildman–Crippen MR) is 71.2 cm³/mol. The molecule has 3 N–H and O–H groups in total. The van der Waals surface area contributed by atoms with Crippen molar-refractivity contribution < 1.29 is 4.79 Å². The Hall–Kier alpha value is -1.81. The summed E-state index contributed by atoms with van der Waals surface area (Å²) in [6.07, 6.45) is 3.33. The number of carbonyl (C=O) groups is 1. The molecule has 1 aliphatic heterocycles. The van der Waals surface area contributed by atoms with Gasteiger partial charge in [-0.2, -0.15) is 0 Å². The van der Waals surface area contributed by atoms with E-state index in [-0.39, 0.29) is 11.9 Å². The third-order valence-corrected chi connectivity index (χ3v) is 3.53. The second kappa shape index (κ2) is 4.46. The van der Waals surface area contributed by atoms with Gasteiger partial charge in [0, 0.05) is 37.3 Å². The fraction of sp³-hybridized carbons (Fsp3) is 0.357. The molecule has 3 rings (SSSR count).